The van der Waals surface area contributed by atoms with Crippen LogP contribution in [0.1, 0.15) is 28.9 Å². The van der Waals surface area contributed by atoms with Crippen molar-refractivity contribution in [1.82, 2.24) is 4.98 Å². The minimum Gasteiger partial charge on any atom is -0.464 e. The van der Waals surface area contributed by atoms with Crippen LogP contribution >= 0.6 is 11.6 Å². The number of rotatable bonds is 3. The predicted molar refractivity (Wildman–Crippen MR) is 72.8 cm³/mol. The molecule has 0 aliphatic carbocycles. The molecule has 1 aromatic heterocycles. The van der Waals surface area contributed by atoms with Gasteiger partial charge in [-0.25, -0.2) is 4.79 Å². The van der Waals surface area contributed by atoms with E-state index in [0.717, 1.165) is 23.1 Å². The fourth-order valence-corrected chi connectivity index (χ4v) is 2.58. The van der Waals surface area contributed by atoms with Crippen LogP contribution in [0.5, 0.6) is 0 Å². The van der Waals surface area contributed by atoms with Crippen LogP contribution in [0.15, 0.2) is 18.2 Å². The Balaban J connectivity index is 2.15. The molecule has 1 fully saturated rings. The monoisotopic (exact) mass is 279 g/mol. The first-order valence-electron chi connectivity index (χ1n) is 6.13. The fourth-order valence-electron chi connectivity index (χ4n) is 2.37. The quantitative estimate of drug-likeness (QED) is 0.694. The van der Waals surface area contributed by atoms with Crippen LogP contribution in [-0.4, -0.2) is 30.8 Å². The summed E-state index contributed by atoms with van der Waals surface area (Å²) in [5.41, 5.74) is 2.32. The highest BCUT2D eigenvalue weighted by atomic mass is 35.5. The molecule has 2 aromatic rings. The number of aromatic nitrogens is 1. The van der Waals surface area contributed by atoms with Gasteiger partial charge in [0.2, 0.25) is 0 Å². The number of aromatic amines is 1. The zero-order valence-electron chi connectivity index (χ0n) is 10.7. The average Bonchev–Trinajstić information content (AvgIpc) is 3.16. The lowest BCUT2D eigenvalue weighted by Crippen LogP contribution is -2.01. The molecular weight excluding hydrogens is 266 g/mol. The second-order valence-electron chi connectivity index (χ2n) is 4.76. The molecule has 2 unspecified atom stereocenters. The first-order chi connectivity index (χ1) is 9.11. The summed E-state index contributed by atoms with van der Waals surface area (Å²) in [6.45, 7) is 2.91. The third kappa shape index (κ3) is 2.11. The molecule has 100 valence electrons. The number of epoxide rings is 1. The Morgan fingerprint density at radius 1 is 1.58 bits per heavy atom. The van der Waals surface area contributed by atoms with Gasteiger partial charge in [0.15, 0.2) is 0 Å². The van der Waals surface area contributed by atoms with Crippen LogP contribution in [0.4, 0.5) is 0 Å². The minimum absolute atomic E-state index is 0.265. The van der Waals surface area contributed by atoms with E-state index < -0.39 is 5.97 Å². The van der Waals surface area contributed by atoms with Crippen LogP contribution in [0, 0.1) is 0 Å². The molecular formula is C14H14ClNO3. The summed E-state index contributed by atoms with van der Waals surface area (Å²) >= 11 is 6.18. The van der Waals surface area contributed by atoms with Crippen LogP contribution < -0.4 is 0 Å². The van der Waals surface area contributed by atoms with Gasteiger partial charge in [-0.05, 0) is 17.7 Å². The Morgan fingerprint density at radius 2 is 2.32 bits per heavy atom. The number of fused-ring (bicyclic) bond motifs is 1. The maximum atomic E-state index is 11.6. The van der Waals surface area contributed by atoms with Gasteiger partial charge in [0.1, 0.15) is 5.69 Å². The molecule has 0 spiro atoms. The van der Waals surface area contributed by atoms with Gasteiger partial charge in [0.05, 0.1) is 30.4 Å². The Hall–Kier alpha value is -1.52. The lowest BCUT2D eigenvalue weighted by atomic mass is 9.95. The number of methoxy groups -OCH3 is 1. The van der Waals surface area contributed by atoms with Crippen LogP contribution in [0.25, 0.3) is 10.9 Å². The SMILES string of the molecule is COC(=O)c1cc2c(C(C)C3CO3)ccc(Cl)c2[nH]1. The van der Waals surface area contributed by atoms with E-state index in [0.29, 0.717) is 10.7 Å². The number of carbonyl (C=O) groups is 1. The molecule has 4 nitrogen and oxygen atoms in total. The Morgan fingerprint density at radius 3 is 2.95 bits per heavy atom. The van der Waals surface area contributed by atoms with E-state index in [1.54, 1.807) is 6.07 Å². The van der Waals surface area contributed by atoms with Crippen molar-refractivity contribution >= 4 is 28.5 Å². The van der Waals surface area contributed by atoms with Gasteiger partial charge in [-0.1, -0.05) is 24.6 Å². The van der Waals surface area contributed by atoms with Gasteiger partial charge >= 0.3 is 5.97 Å². The van der Waals surface area contributed by atoms with Gasteiger partial charge in [-0.15, -0.1) is 0 Å². The van der Waals surface area contributed by atoms with Crippen LogP contribution in [0.3, 0.4) is 0 Å². The molecule has 0 radical (unpaired) electrons. The molecule has 2 heterocycles. The van der Waals surface area contributed by atoms with Crippen molar-refractivity contribution in [1.29, 1.82) is 0 Å². The summed E-state index contributed by atoms with van der Waals surface area (Å²) in [7, 11) is 1.36. The van der Waals surface area contributed by atoms with Gasteiger partial charge < -0.3 is 14.5 Å². The van der Waals surface area contributed by atoms with Crippen molar-refractivity contribution < 1.29 is 14.3 Å². The molecule has 19 heavy (non-hydrogen) atoms. The van der Waals surface area contributed by atoms with Crippen LogP contribution in [-0.2, 0) is 9.47 Å². The molecule has 1 N–H and O–H groups in total. The molecule has 3 rings (SSSR count). The molecule has 0 amide bonds. The van der Waals surface area contributed by atoms with E-state index in [1.807, 2.05) is 12.1 Å². The van der Waals surface area contributed by atoms with Gasteiger partial charge in [0.25, 0.3) is 0 Å². The molecule has 1 aliphatic rings. The van der Waals surface area contributed by atoms with E-state index in [9.17, 15) is 4.79 Å². The number of H-pyrrole nitrogens is 1. The van der Waals surface area contributed by atoms with Crippen molar-refractivity contribution in [3.8, 4) is 0 Å². The molecule has 0 bridgehead atoms. The predicted octanol–water partition coefficient (Wildman–Crippen LogP) is 3.11. The zero-order valence-corrected chi connectivity index (χ0v) is 11.5. The average molecular weight is 280 g/mol. The van der Waals surface area contributed by atoms with E-state index >= 15 is 0 Å². The number of carbonyl (C=O) groups excluding carboxylic acids is 1. The maximum Gasteiger partial charge on any atom is 0.354 e. The molecule has 0 saturated carbocycles. The maximum absolute atomic E-state index is 11.6. The first-order valence-corrected chi connectivity index (χ1v) is 6.50. The zero-order chi connectivity index (χ0) is 13.6. The summed E-state index contributed by atoms with van der Waals surface area (Å²) in [6.07, 6.45) is 0.265. The molecule has 1 saturated heterocycles. The largest absolute Gasteiger partial charge is 0.464 e. The fraction of sp³-hybridized carbons (Fsp3) is 0.357. The molecule has 2 atom stereocenters. The van der Waals surface area contributed by atoms with Crippen LogP contribution in [0.2, 0.25) is 5.02 Å². The summed E-state index contributed by atoms with van der Waals surface area (Å²) in [6, 6.07) is 5.63. The van der Waals surface area contributed by atoms with Crippen molar-refractivity contribution in [2.24, 2.45) is 0 Å². The minimum atomic E-state index is -0.395. The number of ether oxygens (including phenoxy) is 2. The first kappa shape index (κ1) is 12.5. The number of hydrogen-bond acceptors (Lipinski definition) is 3. The highest BCUT2D eigenvalue weighted by Gasteiger charge is 2.32. The Bertz CT molecular complexity index is 645. The van der Waals surface area contributed by atoms with E-state index in [4.69, 9.17) is 21.1 Å². The summed E-state index contributed by atoms with van der Waals surface area (Å²) in [5.74, 6) is -0.116. The lowest BCUT2D eigenvalue weighted by Gasteiger charge is -2.10. The number of nitrogens with one attached hydrogen (secondary N) is 1. The van der Waals surface area contributed by atoms with E-state index in [1.165, 1.54) is 7.11 Å². The standard InChI is InChI=1S/C14H14ClNO3/c1-7(12-6-19-12)8-3-4-10(15)13-9(8)5-11(16-13)14(17)18-2/h3-5,7,12,16H,6H2,1-2H3. The second kappa shape index (κ2) is 4.54. The van der Waals surface area contributed by atoms with Crippen molar-refractivity contribution in [3.05, 3.63) is 34.5 Å². The van der Waals surface area contributed by atoms with Gasteiger partial charge in [-0.3, -0.25) is 0 Å². The Kier molecular flexibility index (Phi) is 2.99. The van der Waals surface area contributed by atoms with Gasteiger partial charge in [-0.2, -0.15) is 0 Å². The van der Waals surface area contributed by atoms with E-state index in [-0.39, 0.29) is 12.0 Å². The normalized spacial score (nSPS) is 19.4. The van der Waals surface area contributed by atoms with Crippen molar-refractivity contribution in [2.75, 3.05) is 13.7 Å². The number of benzene rings is 1. The molecule has 1 aliphatic heterocycles. The summed E-state index contributed by atoms with van der Waals surface area (Å²) in [5, 5.41) is 1.55. The second-order valence-corrected chi connectivity index (χ2v) is 5.17. The van der Waals surface area contributed by atoms with Crippen molar-refractivity contribution in [3.63, 3.8) is 0 Å². The topological polar surface area (TPSA) is 54.6 Å². The Labute approximate surface area is 115 Å². The highest BCUT2D eigenvalue weighted by Crippen LogP contribution is 2.36. The summed E-state index contributed by atoms with van der Waals surface area (Å²) in [4.78, 5) is 14.6. The van der Waals surface area contributed by atoms with E-state index in [2.05, 4.69) is 11.9 Å². The number of halogens is 1. The molecule has 5 heteroatoms. The number of hydrogen-bond donors (Lipinski definition) is 1. The smallest absolute Gasteiger partial charge is 0.354 e. The lowest BCUT2D eigenvalue weighted by molar-refractivity contribution is 0.0595. The van der Waals surface area contributed by atoms with Gasteiger partial charge in [0, 0.05) is 11.3 Å². The molecule has 1 aromatic carbocycles. The summed E-state index contributed by atoms with van der Waals surface area (Å²) < 4.78 is 10.1. The third-order valence-corrected chi connectivity index (χ3v) is 3.90. The number of esters is 1. The third-order valence-electron chi connectivity index (χ3n) is 3.59. The highest BCUT2D eigenvalue weighted by molar-refractivity contribution is 6.35. The van der Waals surface area contributed by atoms with Crippen molar-refractivity contribution in [2.45, 2.75) is 18.9 Å².